The van der Waals surface area contributed by atoms with Crippen molar-refractivity contribution in [3.8, 4) is 5.75 Å². The Morgan fingerprint density at radius 1 is 1.26 bits per heavy atom. The summed E-state index contributed by atoms with van der Waals surface area (Å²) in [7, 11) is 0. The van der Waals surface area contributed by atoms with Crippen molar-refractivity contribution >= 4 is 40.1 Å². The molecule has 0 bridgehead atoms. The zero-order valence-corrected chi connectivity index (χ0v) is 13.7. The van der Waals surface area contributed by atoms with E-state index in [1.807, 2.05) is 31.2 Å². The Morgan fingerprint density at radius 2 is 2.00 bits per heavy atom. The summed E-state index contributed by atoms with van der Waals surface area (Å²) in [5, 5.41) is 10.2. The fourth-order valence-corrected chi connectivity index (χ4v) is 2.97. The summed E-state index contributed by atoms with van der Waals surface area (Å²) in [5.41, 5.74) is 2.74. The number of aromatic nitrogens is 1. The van der Waals surface area contributed by atoms with Crippen molar-refractivity contribution < 1.29 is 14.6 Å². The monoisotopic (exact) mass is 349 g/mol. The molecule has 23 heavy (non-hydrogen) atoms. The Kier molecular flexibility index (Phi) is 4.20. The highest BCUT2D eigenvalue weighted by Gasteiger charge is 2.17. The molecule has 0 atom stereocenters. The quantitative estimate of drug-likeness (QED) is 0.691. The number of fused-ring (bicyclic) bond motifs is 1. The van der Waals surface area contributed by atoms with E-state index in [0.29, 0.717) is 33.3 Å². The molecule has 6 heteroatoms. The summed E-state index contributed by atoms with van der Waals surface area (Å²) in [6, 6.07) is 10.9. The van der Waals surface area contributed by atoms with Crippen molar-refractivity contribution in [2.45, 2.75) is 13.5 Å². The third-order valence-corrected chi connectivity index (χ3v) is 4.29. The van der Waals surface area contributed by atoms with Gasteiger partial charge < -0.3 is 14.8 Å². The molecule has 0 radical (unpaired) electrons. The predicted octanol–water partition coefficient (Wildman–Crippen LogP) is 5.06. The van der Waals surface area contributed by atoms with Gasteiger partial charge in [0.25, 0.3) is 0 Å². The summed E-state index contributed by atoms with van der Waals surface area (Å²) < 4.78 is 5.79. The molecule has 0 amide bonds. The SMILES string of the molecule is Cc1ccccc1COc1c(Cl)cc2[nH]c(C(=O)O)cc2c1Cl. The first-order chi connectivity index (χ1) is 11.0. The van der Waals surface area contributed by atoms with Gasteiger partial charge in [0.05, 0.1) is 10.0 Å². The normalized spacial score (nSPS) is 10.9. The Balaban J connectivity index is 1.97. The van der Waals surface area contributed by atoms with Crippen LogP contribution < -0.4 is 4.74 Å². The van der Waals surface area contributed by atoms with E-state index in [9.17, 15) is 4.79 Å². The van der Waals surface area contributed by atoms with E-state index >= 15 is 0 Å². The van der Waals surface area contributed by atoms with Crippen LogP contribution in [0.4, 0.5) is 0 Å². The summed E-state index contributed by atoms with van der Waals surface area (Å²) >= 11 is 12.6. The van der Waals surface area contributed by atoms with E-state index in [4.69, 9.17) is 33.0 Å². The van der Waals surface area contributed by atoms with Crippen LogP contribution in [0, 0.1) is 6.92 Å². The van der Waals surface area contributed by atoms with Gasteiger partial charge in [-0.1, -0.05) is 47.5 Å². The second kappa shape index (κ2) is 6.14. The molecule has 2 N–H and O–H groups in total. The number of aromatic carboxylic acids is 1. The van der Waals surface area contributed by atoms with Crippen LogP contribution in [0.1, 0.15) is 21.6 Å². The maximum atomic E-state index is 11.1. The van der Waals surface area contributed by atoms with Gasteiger partial charge in [-0.3, -0.25) is 0 Å². The Bertz CT molecular complexity index is 902. The molecule has 4 nitrogen and oxygen atoms in total. The fourth-order valence-electron chi connectivity index (χ4n) is 2.35. The van der Waals surface area contributed by atoms with E-state index in [0.717, 1.165) is 11.1 Å². The molecule has 0 fully saturated rings. The third-order valence-electron chi connectivity index (χ3n) is 3.64. The Hall–Kier alpha value is -2.17. The second-order valence-electron chi connectivity index (χ2n) is 5.17. The van der Waals surface area contributed by atoms with Crippen molar-refractivity contribution in [2.75, 3.05) is 0 Å². The number of aryl methyl sites for hydroxylation is 1. The number of hydrogen-bond donors (Lipinski definition) is 2. The first-order valence-corrected chi connectivity index (χ1v) is 7.64. The average Bonchev–Trinajstić information content (AvgIpc) is 2.93. The number of carbonyl (C=O) groups is 1. The first-order valence-electron chi connectivity index (χ1n) is 6.88. The highest BCUT2D eigenvalue weighted by Crippen LogP contribution is 2.40. The summed E-state index contributed by atoms with van der Waals surface area (Å²) in [5.74, 6) is -0.712. The molecular weight excluding hydrogens is 337 g/mol. The lowest BCUT2D eigenvalue weighted by Gasteiger charge is -2.12. The number of carboxylic acids is 1. The number of nitrogens with one attached hydrogen (secondary N) is 1. The average molecular weight is 350 g/mol. The first kappa shape index (κ1) is 15.7. The summed E-state index contributed by atoms with van der Waals surface area (Å²) in [4.78, 5) is 13.8. The molecule has 0 aliphatic heterocycles. The van der Waals surface area contributed by atoms with Crippen LogP contribution in [0.5, 0.6) is 5.75 Å². The van der Waals surface area contributed by atoms with Crippen LogP contribution in [0.2, 0.25) is 10.0 Å². The minimum atomic E-state index is -1.06. The van der Waals surface area contributed by atoms with E-state index in [1.54, 1.807) is 6.07 Å². The van der Waals surface area contributed by atoms with Crippen molar-refractivity contribution in [3.05, 3.63) is 63.3 Å². The maximum absolute atomic E-state index is 11.1. The maximum Gasteiger partial charge on any atom is 0.352 e. The molecule has 0 aliphatic rings. The largest absolute Gasteiger partial charge is 0.486 e. The zero-order valence-electron chi connectivity index (χ0n) is 12.2. The van der Waals surface area contributed by atoms with Crippen molar-refractivity contribution in [1.29, 1.82) is 0 Å². The van der Waals surface area contributed by atoms with Gasteiger partial charge in [-0.05, 0) is 30.2 Å². The topological polar surface area (TPSA) is 62.3 Å². The number of rotatable bonds is 4. The highest BCUT2D eigenvalue weighted by atomic mass is 35.5. The number of aromatic amines is 1. The molecule has 0 spiro atoms. The van der Waals surface area contributed by atoms with E-state index in [1.165, 1.54) is 6.07 Å². The van der Waals surface area contributed by atoms with Gasteiger partial charge in [-0.15, -0.1) is 0 Å². The number of H-pyrrole nitrogens is 1. The number of carboxylic acid groups (broad SMARTS) is 1. The van der Waals surface area contributed by atoms with Crippen LogP contribution >= 0.6 is 23.2 Å². The Morgan fingerprint density at radius 3 is 2.70 bits per heavy atom. The lowest BCUT2D eigenvalue weighted by Crippen LogP contribution is -1.98. The van der Waals surface area contributed by atoms with Gasteiger partial charge >= 0.3 is 5.97 Å². The fraction of sp³-hybridized carbons (Fsp3) is 0.118. The van der Waals surface area contributed by atoms with Crippen molar-refractivity contribution in [2.24, 2.45) is 0 Å². The molecule has 0 saturated heterocycles. The van der Waals surface area contributed by atoms with E-state index < -0.39 is 5.97 Å². The van der Waals surface area contributed by atoms with E-state index in [2.05, 4.69) is 4.98 Å². The summed E-state index contributed by atoms with van der Waals surface area (Å²) in [6.07, 6.45) is 0. The molecule has 3 rings (SSSR count). The molecule has 3 aromatic rings. The van der Waals surface area contributed by atoms with Gasteiger partial charge in [0.15, 0.2) is 5.75 Å². The number of halogens is 2. The van der Waals surface area contributed by atoms with Crippen molar-refractivity contribution in [1.82, 2.24) is 4.98 Å². The van der Waals surface area contributed by atoms with Crippen LogP contribution in [0.15, 0.2) is 36.4 Å². The van der Waals surface area contributed by atoms with Crippen LogP contribution in [-0.2, 0) is 6.61 Å². The minimum Gasteiger partial charge on any atom is -0.486 e. The number of benzene rings is 2. The second-order valence-corrected chi connectivity index (χ2v) is 5.95. The smallest absolute Gasteiger partial charge is 0.352 e. The Labute approximate surface area is 142 Å². The lowest BCUT2D eigenvalue weighted by molar-refractivity contribution is 0.0691. The van der Waals surface area contributed by atoms with Gasteiger partial charge in [0.2, 0.25) is 0 Å². The zero-order chi connectivity index (χ0) is 16.6. The third kappa shape index (κ3) is 3.00. The molecule has 0 saturated carbocycles. The predicted molar refractivity (Wildman–Crippen MR) is 90.8 cm³/mol. The van der Waals surface area contributed by atoms with E-state index in [-0.39, 0.29) is 5.69 Å². The minimum absolute atomic E-state index is 0.0500. The van der Waals surface area contributed by atoms with Gasteiger partial charge in [-0.25, -0.2) is 4.79 Å². The highest BCUT2D eigenvalue weighted by molar-refractivity contribution is 6.41. The lowest BCUT2D eigenvalue weighted by atomic mass is 10.1. The standard InChI is InChI=1S/C17H13Cl2NO3/c1-9-4-2-3-5-10(9)8-23-16-12(18)7-13-11(15(16)19)6-14(20-13)17(21)22/h2-7,20H,8H2,1H3,(H,21,22). The number of ether oxygens (including phenoxy) is 1. The van der Waals surface area contributed by atoms with Gasteiger partial charge in [0, 0.05) is 10.9 Å². The molecule has 0 unspecified atom stereocenters. The molecule has 118 valence electrons. The van der Waals surface area contributed by atoms with Crippen molar-refractivity contribution in [3.63, 3.8) is 0 Å². The van der Waals surface area contributed by atoms with Crippen LogP contribution in [0.25, 0.3) is 10.9 Å². The van der Waals surface area contributed by atoms with Gasteiger partial charge in [0.1, 0.15) is 12.3 Å². The molecule has 0 aliphatic carbocycles. The molecule has 2 aromatic carbocycles. The van der Waals surface area contributed by atoms with Crippen LogP contribution in [0.3, 0.4) is 0 Å². The van der Waals surface area contributed by atoms with Crippen LogP contribution in [-0.4, -0.2) is 16.1 Å². The number of hydrogen-bond acceptors (Lipinski definition) is 2. The summed E-state index contributed by atoms with van der Waals surface area (Å²) in [6.45, 7) is 2.32. The molecule has 1 aromatic heterocycles. The molecule has 1 heterocycles. The molecular formula is C17H13Cl2NO3. The van der Waals surface area contributed by atoms with Gasteiger partial charge in [-0.2, -0.15) is 0 Å².